The van der Waals surface area contributed by atoms with Gasteiger partial charge in [-0.2, -0.15) is 0 Å². The fourth-order valence-corrected chi connectivity index (χ4v) is 2.20. The van der Waals surface area contributed by atoms with E-state index in [0.717, 1.165) is 23.9 Å². The summed E-state index contributed by atoms with van der Waals surface area (Å²) in [6.07, 6.45) is 3.56. The summed E-state index contributed by atoms with van der Waals surface area (Å²) in [5, 5.41) is 3.26. The number of para-hydroxylation sites is 2. The summed E-state index contributed by atoms with van der Waals surface area (Å²) in [6.45, 7) is 2.84. The Morgan fingerprint density at radius 3 is 2.89 bits per heavy atom. The Labute approximate surface area is 107 Å². The number of hydrogen-bond donors (Lipinski definition) is 1. The van der Waals surface area contributed by atoms with Crippen molar-refractivity contribution in [3.8, 4) is 0 Å². The molecule has 1 N–H and O–H groups in total. The molecule has 0 amide bonds. The molecule has 4 heteroatoms. The molecule has 0 bridgehead atoms. The van der Waals surface area contributed by atoms with Crippen LogP contribution in [0.2, 0.25) is 0 Å². The van der Waals surface area contributed by atoms with Crippen LogP contribution in [0.1, 0.15) is 19.8 Å². The van der Waals surface area contributed by atoms with E-state index >= 15 is 0 Å². The first-order valence-electron chi connectivity index (χ1n) is 6.38. The third-order valence-corrected chi connectivity index (χ3v) is 3.20. The quantitative estimate of drug-likeness (QED) is 0.873. The van der Waals surface area contributed by atoms with Crippen LogP contribution in [0.25, 0.3) is 11.0 Å². The number of fused-ring (bicyclic) bond motifs is 1. The molecule has 4 nitrogen and oxygen atoms in total. The van der Waals surface area contributed by atoms with E-state index in [1.807, 2.05) is 31.3 Å². The summed E-state index contributed by atoms with van der Waals surface area (Å²) in [5.41, 5.74) is 1.73. The van der Waals surface area contributed by atoms with Crippen molar-refractivity contribution >= 4 is 11.0 Å². The van der Waals surface area contributed by atoms with E-state index in [1.165, 1.54) is 6.20 Å². The summed E-state index contributed by atoms with van der Waals surface area (Å²) in [5.74, 6) is 0. The molecular weight excluding hydrogens is 226 g/mol. The Morgan fingerprint density at radius 2 is 2.17 bits per heavy atom. The van der Waals surface area contributed by atoms with Gasteiger partial charge in [0, 0.05) is 12.6 Å². The van der Waals surface area contributed by atoms with Crippen molar-refractivity contribution in [2.24, 2.45) is 0 Å². The summed E-state index contributed by atoms with van der Waals surface area (Å²) in [4.78, 5) is 16.1. The van der Waals surface area contributed by atoms with Crippen LogP contribution in [-0.4, -0.2) is 22.6 Å². The normalized spacial score (nSPS) is 12.8. The first kappa shape index (κ1) is 12.8. The molecule has 1 unspecified atom stereocenters. The van der Waals surface area contributed by atoms with Gasteiger partial charge in [-0.25, -0.2) is 4.98 Å². The zero-order valence-electron chi connectivity index (χ0n) is 10.9. The molecule has 96 valence electrons. The third-order valence-electron chi connectivity index (χ3n) is 3.20. The largest absolute Gasteiger partial charge is 0.315 e. The molecule has 0 spiro atoms. The van der Waals surface area contributed by atoms with Crippen molar-refractivity contribution in [2.45, 2.75) is 32.4 Å². The maximum absolute atomic E-state index is 12.0. The molecule has 1 heterocycles. The molecule has 0 saturated carbocycles. The number of aromatic nitrogens is 2. The van der Waals surface area contributed by atoms with Crippen molar-refractivity contribution in [1.82, 2.24) is 14.9 Å². The molecule has 2 aromatic rings. The number of nitrogens with zero attached hydrogens (tertiary/aromatic N) is 2. The van der Waals surface area contributed by atoms with Crippen LogP contribution in [0.5, 0.6) is 0 Å². The van der Waals surface area contributed by atoms with Crippen LogP contribution in [0, 0.1) is 0 Å². The summed E-state index contributed by atoms with van der Waals surface area (Å²) in [6, 6.07) is 8.07. The first-order valence-corrected chi connectivity index (χ1v) is 6.38. The Kier molecular flexibility index (Phi) is 4.10. The van der Waals surface area contributed by atoms with E-state index in [1.54, 1.807) is 4.57 Å². The third kappa shape index (κ3) is 2.59. The van der Waals surface area contributed by atoms with E-state index in [9.17, 15) is 4.79 Å². The average molecular weight is 245 g/mol. The summed E-state index contributed by atoms with van der Waals surface area (Å²) in [7, 11) is 1.94. The second-order valence-electron chi connectivity index (χ2n) is 4.47. The lowest BCUT2D eigenvalue weighted by Gasteiger charge is -2.18. The van der Waals surface area contributed by atoms with Gasteiger partial charge in [0.15, 0.2) is 0 Å². The van der Waals surface area contributed by atoms with Crippen molar-refractivity contribution in [3.05, 3.63) is 40.8 Å². The SMILES string of the molecule is CCCC(Cn1c(=O)cnc2ccccc21)NC. The fraction of sp³-hybridized carbons (Fsp3) is 0.429. The van der Waals surface area contributed by atoms with E-state index in [2.05, 4.69) is 17.2 Å². The minimum absolute atomic E-state index is 0.0370. The molecular formula is C14H19N3O. The Bertz CT molecular complexity index is 577. The van der Waals surface area contributed by atoms with Crippen molar-refractivity contribution < 1.29 is 0 Å². The predicted octanol–water partition coefficient (Wildman–Crippen LogP) is 1.78. The van der Waals surface area contributed by atoms with Crippen molar-refractivity contribution in [1.29, 1.82) is 0 Å². The van der Waals surface area contributed by atoms with Gasteiger partial charge in [0.1, 0.15) is 0 Å². The lowest BCUT2D eigenvalue weighted by Crippen LogP contribution is -2.34. The predicted molar refractivity (Wildman–Crippen MR) is 73.8 cm³/mol. The Morgan fingerprint density at radius 1 is 1.39 bits per heavy atom. The molecule has 0 aliphatic rings. The Hall–Kier alpha value is -1.68. The zero-order chi connectivity index (χ0) is 13.0. The topological polar surface area (TPSA) is 46.9 Å². The van der Waals surface area contributed by atoms with Gasteiger partial charge in [-0.3, -0.25) is 4.79 Å². The van der Waals surface area contributed by atoms with Gasteiger partial charge in [0.25, 0.3) is 5.56 Å². The highest BCUT2D eigenvalue weighted by molar-refractivity contribution is 5.74. The minimum Gasteiger partial charge on any atom is -0.315 e. The van der Waals surface area contributed by atoms with E-state index < -0.39 is 0 Å². The smallest absolute Gasteiger partial charge is 0.269 e. The highest BCUT2D eigenvalue weighted by Gasteiger charge is 2.09. The van der Waals surface area contributed by atoms with E-state index in [0.29, 0.717) is 12.6 Å². The van der Waals surface area contributed by atoms with Crippen LogP contribution in [0.15, 0.2) is 35.3 Å². The highest BCUT2D eigenvalue weighted by atomic mass is 16.1. The minimum atomic E-state index is -0.0370. The molecule has 2 rings (SSSR count). The van der Waals surface area contributed by atoms with Gasteiger partial charge >= 0.3 is 0 Å². The van der Waals surface area contributed by atoms with Gasteiger partial charge in [0.2, 0.25) is 0 Å². The van der Waals surface area contributed by atoms with Gasteiger partial charge in [-0.1, -0.05) is 25.5 Å². The maximum Gasteiger partial charge on any atom is 0.269 e. The molecule has 0 aliphatic heterocycles. The molecule has 0 radical (unpaired) electrons. The molecule has 0 aliphatic carbocycles. The number of likely N-dealkylation sites (N-methyl/N-ethyl adjacent to an activating group) is 1. The summed E-state index contributed by atoms with van der Waals surface area (Å²) >= 11 is 0. The van der Waals surface area contributed by atoms with Crippen LogP contribution < -0.4 is 10.9 Å². The lowest BCUT2D eigenvalue weighted by atomic mass is 10.1. The van der Waals surface area contributed by atoms with E-state index in [4.69, 9.17) is 0 Å². The van der Waals surface area contributed by atoms with Gasteiger partial charge in [0.05, 0.1) is 17.2 Å². The highest BCUT2D eigenvalue weighted by Crippen LogP contribution is 2.09. The second-order valence-corrected chi connectivity index (χ2v) is 4.47. The molecule has 0 saturated heterocycles. The molecule has 1 atom stereocenters. The number of benzene rings is 1. The molecule has 0 fully saturated rings. The molecule has 18 heavy (non-hydrogen) atoms. The zero-order valence-corrected chi connectivity index (χ0v) is 10.9. The van der Waals surface area contributed by atoms with Crippen LogP contribution in [0.4, 0.5) is 0 Å². The van der Waals surface area contributed by atoms with Crippen LogP contribution in [-0.2, 0) is 6.54 Å². The Balaban J connectivity index is 2.42. The standard InChI is InChI=1S/C14H19N3O/c1-3-6-11(15-2)10-17-13-8-5-4-7-12(13)16-9-14(17)18/h4-5,7-9,11,15H,3,6,10H2,1-2H3. The van der Waals surface area contributed by atoms with E-state index in [-0.39, 0.29) is 5.56 Å². The second kappa shape index (κ2) is 5.78. The molecule has 1 aromatic carbocycles. The van der Waals surface area contributed by atoms with Crippen molar-refractivity contribution in [3.63, 3.8) is 0 Å². The summed E-state index contributed by atoms with van der Waals surface area (Å²) < 4.78 is 1.80. The van der Waals surface area contributed by atoms with Crippen molar-refractivity contribution in [2.75, 3.05) is 7.05 Å². The first-order chi connectivity index (χ1) is 8.76. The number of rotatable bonds is 5. The van der Waals surface area contributed by atoms with Gasteiger partial charge in [-0.15, -0.1) is 0 Å². The van der Waals surface area contributed by atoms with Crippen LogP contribution in [0.3, 0.4) is 0 Å². The number of nitrogens with one attached hydrogen (secondary N) is 1. The lowest BCUT2D eigenvalue weighted by molar-refractivity contribution is 0.449. The fourth-order valence-electron chi connectivity index (χ4n) is 2.20. The maximum atomic E-state index is 12.0. The van der Waals surface area contributed by atoms with Gasteiger partial charge in [-0.05, 0) is 25.6 Å². The number of hydrogen-bond acceptors (Lipinski definition) is 3. The van der Waals surface area contributed by atoms with Gasteiger partial charge < -0.3 is 9.88 Å². The average Bonchev–Trinajstić information content (AvgIpc) is 2.41. The monoisotopic (exact) mass is 245 g/mol. The molecule has 1 aromatic heterocycles. The van der Waals surface area contributed by atoms with Crippen LogP contribution >= 0.6 is 0 Å².